The maximum atomic E-state index is 10.6. The maximum Gasteiger partial charge on any atom is 0.301 e. The molecule has 0 aliphatic rings. The first-order chi connectivity index (χ1) is 10.3. The van der Waals surface area contributed by atoms with Crippen molar-refractivity contribution in [2.75, 3.05) is 0 Å². The second-order valence-corrected chi connectivity index (χ2v) is 6.82. The Balaban J connectivity index is 0.000000235. The average Bonchev–Trinajstić information content (AvgIpc) is 2.48. The highest BCUT2D eigenvalue weighted by molar-refractivity contribution is 14.1. The zero-order chi connectivity index (χ0) is 16.8. The first kappa shape index (κ1) is 18.5. The molecule has 0 atom stereocenters. The zero-order valence-electron chi connectivity index (χ0n) is 11.6. The normalized spacial score (nSPS) is 10.5. The number of nitro benzene ring substituents is 1. The van der Waals surface area contributed by atoms with E-state index in [1.54, 1.807) is 0 Å². The molecular weight excluding hydrogens is 421 g/mol. The number of hydrogen-bond donors (Lipinski definition) is 1. The number of rotatable bonds is 3. The highest BCUT2D eigenvalue weighted by atomic mass is 127. The lowest BCUT2D eigenvalue weighted by atomic mass is 10.2. The Kier molecular flexibility index (Phi) is 6.91. The Morgan fingerprint density at radius 2 is 1.68 bits per heavy atom. The van der Waals surface area contributed by atoms with Crippen LogP contribution in [0.3, 0.4) is 0 Å². The SMILES string of the molecule is CCc1ccc(I)cc1.O=[N+]([O-])c1ccccc1S(=O)(=O)O. The van der Waals surface area contributed by atoms with Crippen molar-refractivity contribution in [1.82, 2.24) is 0 Å². The molecule has 0 saturated carbocycles. The summed E-state index contributed by atoms with van der Waals surface area (Å²) in [5.41, 5.74) is 0.778. The van der Waals surface area contributed by atoms with Gasteiger partial charge in [-0.1, -0.05) is 31.2 Å². The second kappa shape index (κ2) is 8.20. The minimum Gasteiger partial charge on any atom is -0.282 e. The topological polar surface area (TPSA) is 97.5 Å². The van der Waals surface area contributed by atoms with Gasteiger partial charge in [0.2, 0.25) is 0 Å². The fourth-order valence-electron chi connectivity index (χ4n) is 1.55. The molecule has 2 aromatic carbocycles. The van der Waals surface area contributed by atoms with Gasteiger partial charge >= 0.3 is 10.1 Å². The molecule has 0 bridgehead atoms. The fourth-order valence-corrected chi connectivity index (χ4v) is 2.56. The Bertz CT molecular complexity index is 744. The summed E-state index contributed by atoms with van der Waals surface area (Å²) in [6.07, 6.45) is 1.14. The lowest BCUT2D eigenvalue weighted by Crippen LogP contribution is -2.02. The second-order valence-electron chi connectivity index (χ2n) is 4.18. The summed E-state index contributed by atoms with van der Waals surface area (Å²) >= 11 is 2.31. The van der Waals surface area contributed by atoms with Crippen molar-refractivity contribution in [2.24, 2.45) is 0 Å². The highest BCUT2D eigenvalue weighted by Crippen LogP contribution is 2.21. The van der Waals surface area contributed by atoms with Gasteiger partial charge in [-0.15, -0.1) is 0 Å². The van der Waals surface area contributed by atoms with Gasteiger partial charge < -0.3 is 0 Å². The molecule has 0 saturated heterocycles. The molecule has 118 valence electrons. The number of hydrogen-bond acceptors (Lipinski definition) is 4. The molecule has 0 unspecified atom stereocenters. The minimum atomic E-state index is -4.52. The zero-order valence-corrected chi connectivity index (χ0v) is 14.6. The van der Waals surface area contributed by atoms with Crippen molar-refractivity contribution in [1.29, 1.82) is 0 Å². The van der Waals surface area contributed by atoms with Gasteiger partial charge in [0.1, 0.15) is 0 Å². The van der Waals surface area contributed by atoms with Crippen molar-refractivity contribution in [3.05, 3.63) is 67.8 Å². The number of benzene rings is 2. The van der Waals surface area contributed by atoms with E-state index in [9.17, 15) is 18.5 Å². The number of nitro groups is 1. The Hall–Kier alpha value is -1.52. The summed E-state index contributed by atoms with van der Waals surface area (Å²) < 4.78 is 31.1. The summed E-state index contributed by atoms with van der Waals surface area (Å²) in [6.45, 7) is 2.17. The van der Waals surface area contributed by atoms with Crippen LogP contribution < -0.4 is 0 Å². The molecule has 0 radical (unpaired) electrons. The van der Waals surface area contributed by atoms with Crippen molar-refractivity contribution < 1.29 is 17.9 Å². The van der Waals surface area contributed by atoms with Gasteiger partial charge in [0.15, 0.2) is 4.90 Å². The standard InChI is InChI=1S/C8H9I.C6H5NO5S/c1-2-7-3-5-8(9)6-4-7;8-7(9)5-3-1-2-4-6(5)13(10,11)12/h3-6H,2H2,1H3;1-4H,(H,10,11,12). The quantitative estimate of drug-likeness (QED) is 0.343. The van der Waals surface area contributed by atoms with Crippen molar-refractivity contribution in [3.8, 4) is 0 Å². The smallest absolute Gasteiger partial charge is 0.282 e. The summed E-state index contributed by atoms with van der Waals surface area (Å²) in [6, 6.07) is 13.2. The van der Waals surface area contributed by atoms with E-state index in [0.717, 1.165) is 18.6 Å². The highest BCUT2D eigenvalue weighted by Gasteiger charge is 2.22. The van der Waals surface area contributed by atoms with Crippen molar-refractivity contribution in [2.45, 2.75) is 18.2 Å². The van der Waals surface area contributed by atoms with Crippen LogP contribution in [0.5, 0.6) is 0 Å². The van der Waals surface area contributed by atoms with Gasteiger partial charge in [-0.3, -0.25) is 14.7 Å². The Morgan fingerprint density at radius 1 is 1.14 bits per heavy atom. The Morgan fingerprint density at radius 3 is 2.09 bits per heavy atom. The van der Waals surface area contributed by atoms with Crippen LogP contribution >= 0.6 is 22.6 Å². The average molecular weight is 435 g/mol. The lowest BCUT2D eigenvalue weighted by Gasteiger charge is -1.97. The third kappa shape index (κ3) is 5.70. The summed E-state index contributed by atoms with van der Waals surface area (Å²) in [4.78, 5) is 8.73. The number of nitrogens with zero attached hydrogens (tertiary/aromatic N) is 1. The van der Waals surface area contributed by atoms with E-state index in [2.05, 4.69) is 53.8 Å². The molecule has 0 heterocycles. The summed E-state index contributed by atoms with van der Waals surface area (Å²) in [7, 11) is -4.52. The van der Waals surface area contributed by atoms with Crippen LogP contribution in [0.4, 0.5) is 5.69 Å². The van der Waals surface area contributed by atoms with Gasteiger partial charge in [-0.2, -0.15) is 8.42 Å². The molecule has 0 aliphatic carbocycles. The van der Waals surface area contributed by atoms with Gasteiger partial charge in [0.25, 0.3) is 5.69 Å². The van der Waals surface area contributed by atoms with Gasteiger partial charge in [-0.05, 0) is 52.8 Å². The van der Waals surface area contributed by atoms with E-state index < -0.39 is 25.6 Å². The summed E-state index contributed by atoms with van der Waals surface area (Å²) in [5.74, 6) is 0. The van der Waals surface area contributed by atoms with Crippen LogP contribution in [0.15, 0.2) is 53.4 Å². The largest absolute Gasteiger partial charge is 0.301 e. The molecule has 0 amide bonds. The van der Waals surface area contributed by atoms with Crippen molar-refractivity contribution >= 4 is 38.4 Å². The van der Waals surface area contributed by atoms with E-state index >= 15 is 0 Å². The summed E-state index contributed by atoms with van der Waals surface area (Å²) in [5, 5.41) is 10.3. The van der Waals surface area contributed by atoms with Gasteiger partial charge in [0, 0.05) is 9.64 Å². The number of halogens is 1. The lowest BCUT2D eigenvalue weighted by molar-refractivity contribution is -0.387. The molecule has 0 fully saturated rings. The van der Waals surface area contributed by atoms with Crippen LogP contribution in [0, 0.1) is 13.7 Å². The van der Waals surface area contributed by atoms with Crippen molar-refractivity contribution in [3.63, 3.8) is 0 Å². The van der Waals surface area contributed by atoms with Crippen LogP contribution in [0.1, 0.15) is 12.5 Å². The van der Waals surface area contributed by atoms with Crippen LogP contribution in [0.25, 0.3) is 0 Å². The van der Waals surface area contributed by atoms with Crippen LogP contribution in [0.2, 0.25) is 0 Å². The fraction of sp³-hybridized carbons (Fsp3) is 0.143. The molecule has 2 rings (SSSR count). The predicted molar refractivity (Wildman–Crippen MR) is 91.4 cm³/mol. The van der Waals surface area contributed by atoms with E-state index in [4.69, 9.17) is 4.55 Å². The third-order valence-electron chi connectivity index (χ3n) is 2.66. The van der Waals surface area contributed by atoms with Crippen LogP contribution in [-0.2, 0) is 16.5 Å². The van der Waals surface area contributed by atoms with E-state index in [1.807, 2.05) is 0 Å². The first-order valence-corrected chi connectivity index (χ1v) is 8.73. The Labute approximate surface area is 142 Å². The molecule has 8 heteroatoms. The van der Waals surface area contributed by atoms with E-state index in [0.29, 0.717) is 0 Å². The number of para-hydroxylation sites is 1. The van der Waals surface area contributed by atoms with E-state index in [-0.39, 0.29) is 0 Å². The molecule has 0 aliphatic heterocycles. The predicted octanol–water partition coefficient (Wildman–Crippen LogP) is 3.70. The van der Waals surface area contributed by atoms with Gasteiger partial charge in [-0.25, -0.2) is 0 Å². The van der Waals surface area contributed by atoms with E-state index in [1.165, 1.54) is 21.3 Å². The third-order valence-corrected chi connectivity index (χ3v) is 4.28. The molecule has 0 spiro atoms. The first-order valence-electron chi connectivity index (χ1n) is 6.21. The molecular formula is C14H14INO5S. The molecule has 6 nitrogen and oxygen atoms in total. The monoisotopic (exact) mass is 435 g/mol. The maximum absolute atomic E-state index is 10.6. The number of aryl methyl sites for hydroxylation is 1. The van der Waals surface area contributed by atoms with Crippen LogP contribution in [-0.4, -0.2) is 17.9 Å². The van der Waals surface area contributed by atoms with Gasteiger partial charge in [0.05, 0.1) is 4.92 Å². The molecule has 1 N–H and O–H groups in total. The molecule has 22 heavy (non-hydrogen) atoms. The minimum absolute atomic E-state index is 0.634. The molecule has 2 aromatic rings. The molecule has 0 aromatic heterocycles.